The first kappa shape index (κ1) is 24.0. The van der Waals surface area contributed by atoms with Crippen molar-refractivity contribution in [1.29, 1.82) is 0 Å². The summed E-state index contributed by atoms with van der Waals surface area (Å²) in [6.07, 6.45) is 1.79. The number of rotatable bonds is 6. The van der Waals surface area contributed by atoms with E-state index in [9.17, 15) is 13.9 Å². The van der Waals surface area contributed by atoms with Crippen LogP contribution >= 0.6 is 0 Å². The minimum atomic E-state index is -2.19. The lowest BCUT2D eigenvalue weighted by Crippen LogP contribution is -2.48. The molecule has 1 heterocycles. The molecule has 0 saturated carbocycles. The molecule has 170 valence electrons. The summed E-state index contributed by atoms with van der Waals surface area (Å²) in [6.45, 7) is 13.5. The fraction of sp³-hybridized carbons (Fsp3) is 0.560. The van der Waals surface area contributed by atoms with Gasteiger partial charge in [-0.15, -0.1) is 0 Å². The van der Waals surface area contributed by atoms with Crippen molar-refractivity contribution < 1.29 is 18.3 Å². The minimum Gasteiger partial charge on any atom is -0.408 e. The first-order valence-corrected chi connectivity index (χ1v) is 13.5. The molecule has 0 radical (unpaired) electrons. The summed E-state index contributed by atoms with van der Waals surface area (Å²) in [5, 5.41) is 11.3. The second-order valence-corrected chi connectivity index (χ2v) is 15.1. The smallest absolute Gasteiger partial charge is 0.201 e. The number of halogens is 2. The van der Waals surface area contributed by atoms with Gasteiger partial charge in [-0.2, -0.15) is 0 Å². The van der Waals surface area contributed by atoms with Crippen molar-refractivity contribution in [2.75, 3.05) is 0 Å². The first-order chi connectivity index (χ1) is 14.6. The van der Waals surface area contributed by atoms with Gasteiger partial charge in [-0.05, 0) is 53.2 Å². The number of fused-ring (bicyclic) bond motifs is 1. The van der Waals surface area contributed by atoms with Gasteiger partial charge in [0.05, 0.1) is 17.9 Å². The molecule has 0 bridgehead atoms. The van der Waals surface area contributed by atoms with Gasteiger partial charge in [0.25, 0.3) is 0 Å². The standard InChI is InChI=1S/C25H35F2NO2Si/c1-15(2)31(16(3)4,17(5)6)30-23-10-9-21(18-12-19(26)14-20(27)13-18)25(29)22-8-7-11-28-24(22)23/h7-8,11-17,21,23,25,29H,9-10H2,1-6H3/t21-,23+,25-/m0/s1. The lowest BCUT2D eigenvalue weighted by molar-refractivity contribution is 0.137. The maximum Gasteiger partial charge on any atom is 0.201 e. The second kappa shape index (κ2) is 9.47. The zero-order valence-electron chi connectivity index (χ0n) is 19.4. The van der Waals surface area contributed by atoms with Crippen LogP contribution in [0.3, 0.4) is 0 Å². The number of aromatic nitrogens is 1. The Balaban J connectivity index is 2.05. The number of nitrogens with zero attached hydrogens (tertiary/aromatic N) is 1. The predicted octanol–water partition coefficient (Wildman–Crippen LogP) is 7.20. The average Bonchev–Trinajstić information content (AvgIpc) is 2.81. The van der Waals surface area contributed by atoms with Crippen molar-refractivity contribution in [3.05, 3.63) is 65.0 Å². The SMILES string of the molecule is CC(C)[Si](O[C@@H]1CC[C@@H](c2cc(F)cc(F)c2)[C@H](O)c2cccnc21)(C(C)C)C(C)C. The van der Waals surface area contributed by atoms with Crippen LogP contribution in [0.15, 0.2) is 36.5 Å². The van der Waals surface area contributed by atoms with Crippen molar-refractivity contribution in [2.24, 2.45) is 0 Å². The largest absolute Gasteiger partial charge is 0.408 e. The monoisotopic (exact) mass is 447 g/mol. The fourth-order valence-corrected chi connectivity index (χ4v) is 11.2. The normalized spacial score (nSPS) is 22.1. The van der Waals surface area contributed by atoms with Gasteiger partial charge in [0.15, 0.2) is 0 Å². The van der Waals surface area contributed by atoms with E-state index in [-0.39, 0.29) is 6.10 Å². The van der Waals surface area contributed by atoms with Gasteiger partial charge in [0.1, 0.15) is 11.6 Å². The number of hydrogen-bond acceptors (Lipinski definition) is 3. The molecule has 1 aromatic carbocycles. The maximum absolute atomic E-state index is 13.9. The minimum absolute atomic E-state index is 0.242. The molecular formula is C25H35F2NO2Si. The third-order valence-electron chi connectivity index (χ3n) is 6.98. The molecule has 31 heavy (non-hydrogen) atoms. The van der Waals surface area contributed by atoms with E-state index in [4.69, 9.17) is 4.43 Å². The Morgan fingerprint density at radius 2 is 1.55 bits per heavy atom. The molecule has 0 saturated heterocycles. The molecule has 3 atom stereocenters. The summed E-state index contributed by atoms with van der Waals surface area (Å²) in [7, 11) is -2.19. The van der Waals surface area contributed by atoms with Crippen LogP contribution in [0.1, 0.15) is 89.3 Å². The van der Waals surface area contributed by atoms with Crippen molar-refractivity contribution in [3.63, 3.8) is 0 Å². The summed E-state index contributed by atoms with van der Waals surface area (Å²) in [4.78, 5) is 4.63. The highest BCUT2D eigenvalue weighted by molar-refractivity contribution is 6.77. The second-order valence-electron chi connectivity index (χ2n) is 9.73. The topological polar surface area (TPSA) is 42.4 Å². The molecule has 2 aromatic rings. The third kappa shape index (κ3) is 4.62. The van der Waals surface area contributed by atoms with Gasteiger partial charge < -0.3 is 9.53 Å². The van der Waals surface area contributed by atoms with Crippen LogP contribution in [0, 0.1) is 11.6 Å². The molecule has 3 nitrogen and oxygen atoms in total. The number of hydrogen-bond donors (Lipinski definition) is 1. The van der Waals surface area contributed by atoms with Gasteiger partial charge >= 0.3 is 0 Å². The Morgan fingerprint density at radius 3 is 2.10 bits per heavy atom. The predicted molar refractivity (Wildman–Crippen MR) is 122 cm³/mol. The molecule has 0 spiro atoms. The molecule has 0 aliphatic heterocycles. The zero-order chi connectivity index (χ0) is 22.9. The van der Waals surface area contributed by atoms with Crippen molar-refractivity contribution in [2.45, 2.75) is 89.1 Å². The van der Waals surface area contributed by atoms with Gasteiger partial charge in [0, 0.05) is 23.7 Å². The Hall–Kier alpha value is -1.63. The Kier molecular flexibility index (Phi) is 7.34. The van der Waals surface area contributed by atoms with Crippen LogP contribution in [0.5, 0.6) is 0 Å². The van der Waals surface area contributed by atoms with Crippen molar-refractivity contribution in [3.8, 4) is 0 Å². The zero-order valence-corrected chi connectivity index (χ0v) is 20.4. The molecular weight excluding hydrogens is 412 g/mol. The molecule has 0 unspecified atom stereocenters. The average molecular weight is 448 g/mol. The van der Waals surface area contributed by atoms with E-state index in [2.05, 4.69) is 46.5 Å². The number of aliphatic hydroxyl groups is 1. The van der Waals surface area contributed by atoms with Gasteiger partial charge in [-0.1, -0.05) is 47.6 Å². The molecule has 1 aliphatic carbocycles. The molecule has 1 aliphatic rings. The van der Waals surface area contributed by atoms with Gasteiger partial charge in [-0.3, -0.25) is 4.98 Å². The van der Waals surface area contributed by atoms with E-state index in [1.165, 1.54) is 12.1 Å². The van der Waals surface area contributed by atoms with Crippen LogP contribution in [0.4, 0.5) is 8.78 Å². The highest BCUT2D eigenvalue weighted by Gasteiger charge is 2.48. The van der Waals surface area contributed by atoms with Crippen molar-refractivity contribution >= 4 is 8.32 Å². The summed E-state index contributed by atoms with van der Waals surface area (Å²) >= 11 is 0. The van der Waals surface area contributed by atoms with E-state index in [1.807, 2.05) is 6.07 Å². The Bertz CT molecular complexity index is 861. The van der Waals surface area contributed by atoms with E-state index < -0.39 is 32.0 Å². The van der Waals surface area contributed by atoms with Crippen LogP contribution < -0.4 is 0 Å². The van der Waals surface area contributed by atoms with E-state index in [0.29, 0.717) is 40.6 Å². The molecule has 0 fully saturated rings. The highest BCUT2D eigenvalue weighted by Crippen LogP contribution is 2.49. The third-order valence-corrected chi connectivity index (χ3v) is 13.1. The number of benzene rings is 1. The van der Waals surface area contributed by atoms with Crippen LogP contribution in [0.2, 0.25) is 16.6 Å². The molecule has 6 heteroatoms. The van der Waals surface area contributed by atoms with Crippen LogP contribution in [0.25, 0.3) is 0 Å². The molecule has 3 rings (SSSR count). The van der Waals surface area contributed by atoms with Gasteiger partial charge in [0.2, 0.25) is 8.32 Å². The Labute approximate surface area is 186 Å². The van der Waals surface area contributed by atoms with Crippen LogP contribution in [-0.2, 0) is 4.43 Å². The summed E-state index contributed by atoms with van der Waals surface area (Å²) in [5.74, 6) is -1.68. The molecule has 1 aromatic heterocycles. The lowest BCUT2D eigenvalue weighted by Gasteiger charge is -2.44. The van der Waals surface area contributed by atoms with E-state index >= 15 is 0 Å². The van der Waals surface area contributed by atoms with Crippen LogP contribution in [-0.4, -0.2) is 18.4 Å². The van der Waals surface area contributed by atoms with E-state index in [0.717, 1.165) is 11.8 Å². The number of pyridine rings is 1. The molecule has 0 amide bonds. The van der Waals surface area contributed by atoms with Crippen molar-refractivity contribution in [1.82, 2.24) is 4.98 Å². The summed E-state index contributed by atoms with van der Waals surface area (Å²) in [5.41, 5.74) is 3.18. The molecule has 1 N–H and O–H groups in total. The summed E-state index contributed by atoms with van der Waals surface area (Å²) < 4.78 is 34.9. The van der Waals surface area contributed by atoms with E-state index in [1.54, 1.807) is 12.3 Å². The summed E-state index contributed by atoms with van der Waals surface area (Å²) in [6, 6.07) is 7.17. The highest BCUT2D eigenvalue weighted by atomic mass is 28.4. The lowest BCUT2D eigenvalue weighted by atomic mass is 9.87. The number of aliphatic hydroxyl groups excluding tert-OH is 1. The first-order valence-electron chi connectivity index (χ1n) is 11.3. The quantitative estimate of drug-likeness (QED) is 0.376. The maximum atomic E-state index is 13.9. The fourth-order valence-electron chi connectivity index (χ4n) is 5.70. The van der Waals surface area contributed by atoms with Gasteiger partial charge in [-0.25, -0.2) is 8.78 Å². The Morgan fingerprint density at radius 1 is 0.968 bits per heavy atom.